The zero-order chi connectivity index (χ0) is 17.2. The van der Waals surface area contributed by atoms with Crippen LogP contribution in [0.15, 0.2) is 37.9 Å². The average Bonchev–Trinajstić information content (AvgIpc) is 2.52. The summed E-state index contributed by atoms with van der Waals surface area (Å²) in [6, 6.07) is 7.08. The normalized spacial score (nSPS) is 33.1. The van der Waals surface area contributed by atoms with Crippen molar-refractivity contribution in [1.29, 1.82) is 0 Å². The molecule has 4 fully saturated rings. The molecule has 6 rings (SSSR count). The first-order valence-electron chi connectivity index (χ1n) is 8.29. The molecular formula is C17H18BrN4O3+. The smallest absolute Gasteiger partial charge is 0.347 e. The lowest BCUT2D eigenvalue weighted by atomic mass is 10.1. The Morgan fingerprint density at radius 2 is 1.72 bits per heavy atom. The van der Waals surface area contributed by atoms with E-state index in [0.717, 1.165) is 49.9 Å². The Bertz CT molecular complexity index is 906. The Kier molecular flexibility index (Phi) is 3.42. The number of hydrogen-bond donors (Lipinski definition) is 0. The van der Waals surface area contributed by atoms with E-state index in [1.54, 1.807) is 12.1 Å². The predicted octanol–water partition coefficient (Wildman–Crippen LogP) is 1.25. The largest absolute Gasteiger partial charge is 0.422 e. The zero-order valence-corrected chi connectivity index (χ0v) is 15.2. The molecule has 7 nitrogen and oxygen atoms in total. The first kappa shape index (κ1) is 15.7. The maximum Gasteiger partial charge on any atom is 0.347 e. The molecule has 0 unspecified atom stereocenters. The van der Waals surface area contributed by atoms with Gasteiger partial charge in [0.05, 0.1) is 20.0 Å². The van der Waals surface area contributed by atoms with Crippen molar-refractivity contribution in [3.8, 4) is 0 Å². The van der Waals surface area contributed by atoms with Crippen molar-refractivity contribution in [3.63, 3.8) is 0 Å². The highest BCUT2D eigenvalue weighted by Gasteiger charge is 2.49. The molecule has 0 amide bonds. The summed E-state index contributed by atoms with van der Waals surface area (Å²) < 4.78 is 6.92. The van der Waals surface area contributed by atoms with Crippen LogP contribution in [0, 0.1) is 0 Å². The van der Waals surface area contributed by atoms with Gasteiger partial charge in [0.2, 0.25) is 5.78 Å². The minimum absolute atomic E-state index is 0.138. The number of carbonyl (C=O) groups excluding carboxylic acids is 1. The number of nitrogens with zero attached hydrogens (tertiary/aromatic N) is 4. The summed E-state index contributed by atoms with van der Waals surface area (Å²) >= 11 is 3.41. The third kappa shape index (κ3) is 2.65. The molecule has 2 aromatic rings. The second-order valence-electron chi connectivity index (χ2n) is 7.41. The number of rotatable bonds is 3. The molecule has 0 saturated carbocycles. The highest BCUT2D eigenvalue weighted by atomic mass is 79.9. The molecule has 1 aromatic carbocycles. The van der Waals surface area contributed by atoms with E-state index in [4.69, 9.17) is 4.42 Å². The highest BCUT2D eigenvalue weighted by Crippen LogP contribution is 2.29. The second kappa shape index (κ2) is 5.46. The van der Waals surface area contributed by atoms with Crippen LogP contribution in [-0.2, 0) is 0 Å². The molecule has 0 spiro atoms. The molecule has 0 N–H and O–H groups in total. The number of ketones is 1. The molecule has 0 aliphatic carbocycles. The summed E-state index contributed by atoms with van der Waals surface area (Å²) in [5.41, 5.74) is 0.103. The van der Waals surface area contributed by atoms with Crippen LogP contribution in [0.1, 0.15) is 10.4 Å². The number of hydrogen-bond acceptors (Lipinski definition) is 6. The van der Waals surface area contributed by atoms with E-state index in [1.807, 2.05) is 12.1 Å². The summed E-state index contributed by atoms with van der Waals surface area (Å²) in [4.78, 5) is 32.3. The average molecular weight is 406 g/mol. The van der Waals surface area contributed by atoms with Crippen molar-refractivity contribution in [3.05, 3.63) is 44.7 Å². The fraction of sp³-hybridized carbons (Fsp3) is 0.412. The molecule has 4 aliphatic heterocycles. The van der Waals surface area contributed by atoms with E-state index in [-0.39, 0.29) is 11.3 Å². The molecule has 1 aromatic heterocycles. The summed E-state index contributed by atoms with van der Waals surface area (Å²) in [6.45, 7) is 5.83. The van der Waals surface area contributed by atoms with Crippen molar-refractivity contribution < 1.29 is 13.7 Å². The van der Waals surface area contributed by atoms with Gasteiger partial charge in [-0.3, -0.25) is 9.28 Å². The molecule has 130 valence electrons. The molecule has 8 heteroatoms. The van der Waals surface area contributed by atoms with Crippen LogP contribution in [0.3, 0.4) is 0 Å². The Hall–Kier alpha value is -1.58. The van der Waals surface area contributed by atoms with Crippen LogP contribution in [0.4, 0.5) is 0 Å². The van der Waals surface area contributed by atoms with Crippen molar-refractivity contribution in [2.45, 2.75) is 0 Å². The van der Waals surface area contributed by atoms with E-state index in [0.29, 0.717) is 16.6 Å². The Labute approximate surface area is 152 Å². The van der Waals surface area contributed by atoms with Gasteiger partial charge in [-0.25, -0.2) is 19.5 Å². The maximum absolute atomic E-state index is 12.9. The van der Waals surface area contributed by atoms with Gasteiger partial charge in [-0.1, -0.05) is 15.9 Å². The lowest BCUT2D eigenvalue weighted by Crippen LogP contribution is -2.79. The fourth-order valence-electron chi connectivity index (χ4n) is 4.49. The maximum atomic E-state index is 12.9. The van der Waals surface area contributed by atoms with E-state index in [1.165, 1.54) is 0 Å². The Morgan fingerprint density at radius 3 is 2.36 bits per heavy atom. The zero-order valence-electron chi connectivity index (χ0n) is 13.7. The predicted molar refractivity (Wildman–Crippen MR) is 94.4 cm³/mol. The van der Waals surface area contributed by atoms with Crippen molar-refractivity contribution >= 4 is 32.7 Å². The summed E-state index contributed by atoms with van der Waals surface area (Å²) in [5, 5.41) is 0.756. The number of Topliss-reactive ketones (excluding diaryl/α,β-unsaturated/α-hetero) is 1. The van der Waals surface area contributed by atoms with E-state index >= 15 is 0 Å². The molecule has 25 heavy (non-hydrogen) atoms. The highest BCUT2D eigenvalue weighted by molar-refractivity contribution is 9.10. The number of carbonyl (C=O) groups is 1. The summed E-state index contributed by atoms with van der Waals surface area (Å²) in [7, 11) is 0. The van der Waals surface area contributed by atoms with Gasteiger partial charge < -0.3 is 4.42 Å². The van der Waals surface area contributed by atoms with Crippen LogP contribution in [0.5, 0.6) is 0 Å². The van der Waals surface area contributed by atoms with Crippen molar-refractivity contribution in [1.82, 2.24) is 14.7 Å². The molecule has 5 heterocycles. The summed E-state index contributed by atoms with van der Waals surface area (Å²) in [5.74, 6) is -0.138. The van der Waals surface area contributed by atoms with Gasteiger partial charge in [-0.05, 0) is 24.3 Å². The molecular weight excluding hydrogens is 388 g/mol. The second-order valence-corrected chi connectivity index (χ2v) is 8.33. The van der Waals surface area contributed by atoms with Gasteiger partial charge in [-0.2, -0.15) is 0 Å². The van der Waals surface area contributed by atoms with Gasteiger partial charge in [0, 0.05) is 9.86 Å². The lowest BCUT2D eigenvalue weighted by molar-refractivity contribution is -0.973. The molecule has 4 saturated heterocycles. The van der Waals surface area contributed by atoms with E-state index in [2.05, 4.69) is 30.6 Å². The van der Waals surface area contributed by atoms with E-state index in [9.17, 15) is 9.59 Å². The van der Waals surface area contributed by atoms with Crippen LogP contribution in [-0.4, -0.2) is 71.5 Å². The van der Waals surface area contributed by atoms with Crippen LogP contribution >= 0.6 is 15.9 Å². The van der Waals surface area contributed by atoms with Gasteiger partial charge in [0.15, 0.2) is 0 Å². The van der Waals surface area contributed by atoms with Crippen LogP contribution < -0.4 is 5.63 Å². The quantitative estimate of drug-likeness (QED) is 0.435. The minimum atomic E-state index is -0.547. The van der Waals surface area contributed by atoms with Crippen LogP contribution in [0.25, 0.3) is 11.0 Å². The first-order chi connectivity index (χ1) is 12.0. The SMILES string of the molecule is O=C(C[N+]12CN3CN(CN(C3)C1)C2)c1cc2cc(Br)ccc2oc1=O. The third-order valence-corrected chi connectivity index (χ3v) is 5.67. The fourth-order valence-corrected chi connectivity index (χ4v) is 4.87. The van der Waals surface area contributed by atoms with E-state index < -0.39 is 5.63 Å². The monoisotopic (exact) mass is 405 g/mol. The molecule has 4 bridgehead atoms. The molecule has 0 radical (unpaired) electrons. The topological polar surface area (TPSA) is 57.0 Å². The van der Waals surface area contributed by atoms with Gasteiger partial charge in [0.1, 0.15) is 37.7 Å². The molecule has 0 atom stereocenters. The first-order valence-corrected chi connectivity index (χ1v) is 9.08. The van der Waals surface area contributed by atoms with Gasteiger partial charge in [0.25, 0.3) is 0 Å². The Morgan fingerprint density at radius 1 is 1.08 bits per heavy atom. The van der Waals surface area contributed by atoms with Crippen molar-refractivity contribution in [2.75, 3.05) is 46.6 Å². The van der Waals surface area contributed by atoms with Gasteiger partial charge in [-0.15, -0.1) is 0 Å². The number of halogens is 1. The van der Waals surface area contributed by atoms with Crippen LogP contribution in [0.2, 0.25) is 0 Å². The summed E-state index contributed by atoms with van der Waals surface area (Å²) in [6.07, 6.45) is 0. The number of quaternary nitrogens is 1. The standard InChI is InChI=1S/C17H18BrN4O3/c18-13-1-2-16-12(3-13)4-14(17(24)25-16)15(23)5-22-9-19-6-20(10-22)8-21(7-19)11-22/h1-4H,5-11H2/q+1. The molecule has 4 aliphatic rings. The third-order valence-electron chi connectivity index (χ3n) is 5.17. The lowest BCUT2D eigenvalue weighted by Gasteiger charge is -2.60. The number of fused-ring (bicyclic) bond motifs is 1. The number of benzene rings is 1. The van der Waals surface area contributed by atoms with Gasteiger partial charge >= 0.3 is 5.63 Å². The van der Waals surface area contributed by atoms with Crippen molar-refractivity contribution in [2.24, 2.45) is 0 Å². The Balaban J connectivity index is 1.47. The minimum Gasteiger partial charge on any atom is -0.422 e.